The van der Waals surface area contributed by atoms with E-state index in [4.69, 9.17) is 10.5 Å². The van der Waals surface area contributed by atoms with Crippen LogP contribution in [0.2, 0.25) is 0 Å². The average molecular weight is 296 g/mol. The van der Waals surface area contributed by atoms with E-state index < -0.39 is 0 Å². The van der Waals surface area contributed by atoms with Gasteiger partial charge in [0.1, 0.15) is 0 Å². The summed E-state index contributed by atoms with van der Waals surface area (Å²) in [6.07, 6.45) is 5.15. The van der Waals surface area contributed by atoms with Gasteiger partial charge >= 0.3 is 0 Å². The Morgan fingerprint density at radius 2 is 1.52 bits per heavy atom. The molecule has 0 spiro atoms. The molecular formula is C18H36N2O. The van der Waals surface area contributed by atoms with Gasteiger partial charge in [-0.15, -0.1) is 0 Å². The van der Waals surface area contributed by atoms with Gasteiger partial charge in [-0.3, -0.25) is 4.90 Å². The maximum atomic E-state index is 6.29. The first-order chi connectivity index (χ1) is 9.59. The molecule has 0 amide bonds. The molecule has 0 radical (unpaired) electrons. The molecule has 1 saturated heterocycles. The van der Waals surface area contributed by atoms with Crippen molar-refractivity contribution in [3.8, 4) is 0 Å². The van der Waals surface area contributed by atoms with Crippen molar-refractivity contribution in [2.75, 3.05) is 19.6 Å². The molecule has 1 aliphatic carbocycles. The number of nitrogens with two attached hydrogens (primary N) is 1. The van der Waals surface area contributed by atoms with Gasteiger partial charge in [-0.05, 0) is 65.2 Å². The fourth-order valence-electron chi connectivity index (χ4n) is 4.62. The molecule has 1 heterocycles. The smallest absolute Gasteiger partial charge is 0.0761 e. The van der Waals surface area contributed by atoms with Crippen LogP contribution >= 0.6 is 0 Å². The van der Waals surface area contributed by atoms with E-state index in [1.165, 1.54) is 25.7 Å². The molecule has 2 rings (SSSR count). The number of ether oxygens (including phenoxy) is 1. The Hall–Kier alpha value is -0.120. The minimum absolute atomic E-state index is 0.0845. The predicted octanol–water partition coefficient (Wildman–Crippen LogP) is 3.42. The minimum Gasteiger partial charge on any atom is -0.367 e. The van der Waals surface area contributed by atoms with Gasteiger partial charge in [0.25, 0.3) is 0 Å². The monoisotopic (exact) mass is 296 g/mol. The Bertz CT molecular complexity index is 338. The van der Waals surface area contributed by atoms with E-state index >= 15 is 0 Å². The molecule has 0 atom stereocenters. The van der Waals surface area contributed by atoms with Crippen molar-refractivity contribution in [2.45, 2.75) is 84.0 Å². The van der Waals surface area contributed by atoms with Crippen molar-refractivity contribution >= 4 is 0 Å². The molecular weight excluding hydrogens is 260 g/mol. The van der Waals surface area contributed by atoms with Crippen LogP contribution in [0.3, 0.4) is 0 Å². The van der Waals surface area contributed by atoms with E-state index in [1.807, 2.05) is 0 Å². The summed E-state index contributed by atoms with van der Waals surface area (Å²) in [5.74, 6) is 1.69. The molecule has 3 heteroatoms. The largest absolute Gasteiger partial charge is 0.367 e. The van der Waals surface area contributed by atoms with E-state index in [0.717, 1.165) is 31.5 Å². The van der Waals surface area contributed by atoms with Gasteiger partial charge in [0.15, 0.2) is 0 Å². The van der Waals surface area contributed by atoms with Crippen LogP contribution in [0.4, 0.5) is 0 Å². The van der Waals surface area contributed by atoms with Gasteiger partial charge in [0.05, 0.1) is 11.2 Å². The topological polar surface area (TPSA) is 38.5 Å². The standard InChI is InChI=1S/C18H36N2O/c1-14(2)15-7-9-18(11-19,10-8-15)20-12-16(3,4)21-17(5,6)13-20/h14-15H,7-13,19H2,1-6H3. The number of rotatable bonds is 3. The highest BCUT2D eigenvalue weighted by Crippen LogP contribution is 2.42. The molecule has 0 bridgehead atoms. The third-order valence-corrected chi connectivity index (χ3v) is 5.65. The van der Waals surface area contributed by atoms with Crippen LogP contribution in [0.1, 0.15) is 67.2 Å². The Balaban J connectivity index is 2.14. The van der Waals surface area contributed by atoms with Crippen LogP contribution in [0.5, 0.6) is 0 Å². The van der Waals surface area contributed by atoms with E-state index in [9.17, 15) is 0 Å². The zero-order chi connectivity index (χ0) is 15.9. The number of nitrogens with zero attached hydrogens (tertiary/aromatic N) is 1. The van der Waals surface area contributed by atoms with Crippen molar-refractivity contribution in [3.63, 3.8) is 0 Å². The van der Waals surface area contributed by atoms with E-state index in [1.54, 1.807) is 0 Å². The second-order valence-electron chi connectivity index (χ2n) is 8.99. The van der Waals surface area contributed by atoms with Crippen molar-refractivity contribution in [1.82, 2.24) is 4.90 Å². The molecule has 1 aliphatic heterocycles. The van der Waals surface area contributed by atoms with Crippen LogP contribution in [0.25, 0.3) is 0 Å². The third kappa shape index (κ3) is 3.80. The molecule has 2 fully saturated rings. The Labute approximate surface area is 131 Å². The molecule has 0 unspecified atom stereocenters. The molecule has 0 aromatic carbocycles. The highest BCUT2D eigenvalue weighted by atomic mass is 16.5. The van der Waals surface area contributed by atoms with Crippen molar-refractivity contribution in [3.05, 3.63) is 0 Å². The lowest BCUT2D eigenvalue weighted by atomic mass is 9.71. The molecule has 2 N–H and O–H groups in total. The second kappa shape index (κ2) is 5.82. The first kappa shape index (κ1) is 17.2. The van der Waals surface area contributed by atoms with Gasteiger partial charge in [0, 0.05) is 25.2 Å². The molecule has 1 saturated carbocycles. The second-order valence-corrected chi connectivity index (χ2v) is 8.99. The van der Waals surface area contributed by atoms with Crippen molar-refractivity contribution in [1.29, 1.82) is 0 Å². The Kier molecular flexibility index (Phi) is 4.78. The predicted molar refractivity (Wildman–Crippen MR) is 89.4 cm³/mol. The van der Waals surface area contributed by atoms with Crippen LogP contribution < -0.4 is 5.73 Å². The molecule has 2 aliphatic rings. The van der Waals surface area contributed by atoms with Crippen LogP contribution in [0, 0.1) is 11.8 Å². The van der Waals surface area contributed by atoms with Crippen LogP contribution in [-0.2, 0) is 4.74 Å². The van der Waals surface area contributed by atoms with E-state index in [2.05, 4.69) is 46.4 Å². The summed E-state index contributed by atoms with van der Waals surface area (Å²) in [5.41, 5.74) is 6.31. The summed E-state index contributed by atoms with van der Waals surface area (Å²) in [6, 6.07) is 0. The summed E-state index contributed by atoms with van der Waals surface area (Å²) < 4.78 is 6.25. The molecule has 3 nitrogen and oxygen atoms in total. The van der Waals surface area contributed by atoms with Crippen molar-refractivity contribution in [2.24, 2.45) is 17.6 Å². The lowest BCUT2D eigenvalue weighted by Crippen LogP contribution is -2.66. The number of hydrogen-bond acceptors (Lipinski definition) is 3. The normalized spacial score (nSPS) is 36.9. The Morgan fingerprint density at radius 1 is 1.05 bits per heavy atom. The van der Waals surface area contributed by atoms with Gasteiger partial charge in [-0.1, -0.05) is 13.8 Å². The summed E-state index contributed by atoms with van der Waals surface area (Å²) in [7, 11) is 0. The summed E-state index contributed by atoms with van der Waals surface area (Å²) in [4.78, 5) is 2.66. The molecule has 0 aromatic heterocycles. The third-order valence-electron chi connectivity index (χ3n) is 5.65. The van der Waals surface area contributed by atoms with Gasteiger partial charge in [-0.25, -0.2) is 0 Å². The highest BCUT2D eigenvalue weighted by molar-refractivity contribution is 5.02. The Morgan fingerprint density at radius 3 is 1.90 bits per heavy atom. The number of hydrogen-bond donors (Lipinski definition) is 1. The first-order valence-electron chi connectivity index (χ1n) is 8.74. The summed E-state index contributed by atoms with van der Waals surface area (Å²) in [6.45, 7) is 16.4. The first-order valence-corrected chi connectivity index (χ1v) is 8.74. The summed E-state index contributed by atoms with van der Waals surface area (Å²) in [5, 5.41) is 0. The SMILES string of the molecule is CC(C)C1CCC(CN)(N2CC(C)(C)OC(C)(C)C2)CC1. The molecule has 124 valence electrons. The van der Waals surface area contributed by atoms with Crippen molar-refractivity contribution < 1.29 is 4.74 Å². The van der Waals surface area contributed by atoms with Gasteiger partial charge < -0.3 is 10.5 Å². The van der Waals surface area contributed by atoms with E-state index in [-0.39, 0.29) is 16.7 Å². The van der Waals surface area contributed by atoms with E-state index in [0.29, 0.717) is 0 Å². The maximum absolute atomic E-state index is 6.29. The molecule has 0 aromatic rings. The van der Waals surface area contributed by atoms with Crippen LogP contribution in [0.15, 0.2) is 0 Å². The summed E-state index contributed by atoms with van der Waals surface area (Å²) >= 11 is 0. The lowest BCUT2D eigenvalue weighted by Gasteiger charge is -2.56. The quantitative estimate of drug-likeness (QED) is 0.867. The highest BCUT2D eigenvalue weighted by Gasteiger charge is 2.47. The fraction of sp³-hybridized carbons (Fsp3) is 1.00. The number of morpholine rings is 1. The fourth-order valence-corrected chi connectivity index (χ4v) is 4.62. The maximum Gasteiger partial charge on any atom is 0.0761 e. The van der Waals surface area contributed by atoms with Crippen LogP contribution in [-0.4, -0.2) is 41.3 Å². The lowest BCUT2D eigenvalue weighted by molar-refractivity contribution is -0.203. The average Bonchev–Trinajstić information content (AvgIpc) is 2.35. The van der Waals surface area contributed by atoms with Gasteiger partial charge in [0.2, 0.25) is 0 Å². The zero-order valence-corrected chi connectivity index (χ0v) is 15.0. The molecule has 21 heavy (non-hydrogen) atoms. The van der Waals surface area contributed by atoms with Gasteiger partial charge in [-0.2, -0.15) is 0 Å². The zero-order valence-electron chi connectivity index (χ0n) is 15.0. The minimum atomic E-state index is -0.0845.